The Morgan fingerprint density at radius 2 is 1.94 bits per heavy atom. The number of nitrogens with one attached hydrogen (secondary N) is 1. The van der Waals surface area contributed by atoms with Crippen LogP contribution in [0.3, 0.4) is 0 Å². The fourth-order valence-corrected chi connectivity index (χ4v) is 3.49. The van der Waals surface area contributed by atoms with E-state index in [1.807, 2.05) is 0 Å². The van der Waals surface area contributed by atoms with Crippen LogP contribution in [-0.4, -0.2) is 13.1 Å². The van der Waals surface area contributed by atoms with Crippen LogP contribution >= 0.6 is 0 Å². The lowest BCUT2D eigenvalue weighted by Gasteiger charge is -2.31. The zero-order chi connectivity index (χ0) is 11.7. The van der Waals surface area contributed by atoms with Crippen LogP contribution < -0.4 is 5.32 Å². The summed E-state index contributed by atoms with van der Waals surface area (Å²) in [5.74, 6) is 1.56. The molecule has 1 nitrogen and oxygen atoms in total. The molecule has 1 aliphatic heterocycles. The van der Waals surface area contributed by atoms with E-state index in [-0.39, 0.29) is 0 Å². The van der Waals surface area contributed by atoms with Crippen molar-refractivity contribution in [3.8, 4) is 0 Å². The number of hydrogen-bond acceptors (Lipinski definition) is 1. The molecule has 92 valence electrons. The van der Waals surface area contributed by atoms with Crippen molar-refractivity contribution in [3.05, 3.63) is 34.9 Å². The molecule has 0 amide bonds. The van der Waals surface area contributed by atoms with Crippen molar-refractivity contribution in [2.45, 2.75) is 44.9 Å². The molecule has 1 aromatic rings. The van der Waals surface area contributed by atoms with E-state index in [0.29, 0.717) is 0 Å². The van der Waals surface area contributed by atoms with E-state index < -0.39 is 0 Å². The molecule has 2 atom stereocenters. The summed E-state index contributed by atoms with van der Waals surface area (Å²) in [6.07, 6.45) is 6.69. The quantitative estimate of drug-likeness (QED) is 0.779. The van der Waals surface area contributed by atoms with E-state index in [0.717, 1.165) is 11.8 Å². The average molecular weight is 229 g/mol. The van der Waals surface area contributed by atoms with E-state index in [4.69, 9.17) is 0 Å². The molecule has 3 rings (SSSR count). The summed E-state index contributed by atoms with van der Waals surface area (Å²) in [7, 11) is 0. The molecule has 1 N–H and O–H groups in total. The Hall–Kier alpha value is -0.820. The lowest BCUT2D eigenvalue weighted by Crippen LogP contribution is -2.33. The summed E-state index contributed by atoms with van der Waals surface area (Å²) in [5.41, 5.74) is 4.85. The number of aryl methyl sites for hydroxylation is 2. The second-order valence-electron chi connectivity index (χ2n) is 5.81. The van der Waals surface area contributed by atoms with Gasteiger partial charge < -0.3 is 5.32 Å². The molecular formula is C16H23N. The van der Waals surface area contributed by atoms with Crippen LogP contribution in [0.2, 0.25) is 0 Å². The molecule has 0 radical (unpaired) electrons. The Bertz CT molecular complexity index is 397. The first kappa shape index (κ1) is 11.3. The molecular weight excluding hydrogens is 206 g/mol. The maximum absolute atomic E-state index is 3.50. The molecule has 0 unspecified atom stereocenters. The molecule has 1 heterocycles. The van der Waals surface area contributed by atoms with Crippen LogP contribution in [0.4, 0.5) is 0 Å². The summed E-state index contributed by atoms with van der Waals surface area (Å²) in [5, 5.41) is 3.50. The van der Waals surface area contributed by atoms with Crippen molar-refractivity contribution in [2.24, 2.45) is 5.92 Å². The topological polar surface area (TPSA) is 12.0 Å². The fraction of sp³-hybridized carbons (Fsp3) is 0.625. The molecule has 17 heavy (non-hydrogen) atoms. The van der Waals surface area contributed by atoms with Crippen molar-refractivity contribution >= 4 is 0 Å². The average Bonchev–Trinajstić information content (AvgIpc) is 2.39. The van der Waals surface area contributed by atoms with Gasteiger partial charge in [0, 0.05) is 0 Å². The molecule has 0 saturated carbocycles. The fourth-order valence-electron chi connectivity index (χ4n) is 3.49. The van der Waals surface area contributed by atoms with Crippen LogP contribution in [0.1, 0.15) is 48.8 Å². The Balaban J connectivity index is 1.87. The van der Waals surface area contributed by atoms with Crippen LogP contribution in [0.5, 0.6) is 0 Å². The minimum Gasteiger partial charge on any atom is -0.316 e. The van der Waals surface area contributed by atoms with Crippen molar-refractivity contribution < 1.29 is 0 Å². The SMILES string of the molecule is C[C@@H]1CNCC[C@@H]1c1ccc2c(c1)CCCC2. The molecule has 1 aliphatic carbocycles. The predicted octanol–water partition coefficient (Wildman–Crippen LogP) is 3.28. The lowest BCUT2D eigenvalue weighted by atomic mass is 9.80. The van der Waals surface area contributed by atoms with Gasteiger partial charge in [0.05, 0.1) is 0 Å². The summed E-state index contributed by atoms with van der Waals surface area (Å²) >= 11 is 0. The smallest absolute Gasteiger partial charge is 0.00173 e. The highest BCUT2D eigenvalue weighted by Gasteiger charge is 2.23. The van der Waals surface area contributed by atoms with Gasteiger partial charge >= 0.3 is 0 Å². The highest BCUT2D eigenvalue weighted by Crippen LogP contribution is 2.32. The van der Waals surface area contributed by atoms with Gasteiger partial charge in [-0.15, -0.1) is 0 Å². The maximum Gasteiger partial charge on any atom is -0.00173 e. The predicted molar refractivity (Wildman–Crippen MR) is 72.5 cm³/mol. The van der Waals surface area contributed by atoms with Crippen LogP contribution in [0, 0.1) is 5.92 Å². The molecule has 0 spiro atoms. The zero-order valence-corrected chi connectivity index (χ0v) is 10.8. The van der Waals surface area contributed by atoms with E-state index in [9.17, 15) is 0 Å². The van der Waals surface area contributed by atoms with Gasteiger partial charge in [-0.1, -0.05) is 25.1 Å². The third-order valence-corrected chi connectivity index (χ3v) is 4.59. The first-order valence-electron chi connectivity index (χ1n) is 7.17. The first-order chi connectivity index (χ1) is 8.34. The van der Waals surface area contributed by atoms with Crippen molar-refractivity contribution in [2.75, 3.05) is 13.1 Å². The largest absolute Gasteiger partial charge is 0.316 e. The Morgan fingerprint density at radius 1 is 1.12 bits per heavy atom. The van der Waals surface area contributed by atoms with Gasteiger partial charge in [-0.25, -0.2) is 0 Å². The second kappa shape index (κ2) is 4.81. The summed E-state index contributed by atoms with van der Waals surface area (Å²) in [6, 6.07) is 7.32. The van der Waals surface area contributed by atoms with Crippen LogP contribution in [0.15, 0.2) is 18.2 Å². The van der Waals surface area contributed by atoms with Crippen molar-refractivity contribution in [1.82, 2.24) is 5.32 Å². The van der Waals surface area contributed by atoms with Gasteiger partial charge in [0.25, 0.3) is 0 Å². The zero-order valence-electron chi connectivity index (χ0n) is 10.8. The third-order valence-electron chi connectivity index (χ3n) is 4.59. The molecule has 2 aliphatic rings. The highest BCUT2D eigenvalue weighted by atomic mass is 14.9. The number of benzene rings is 1. The minimum atomic E-state index is 0.781. The number of rotatable bonds is 1. The second-order valence-corrected chi connectivity index (χ2v) is 5.81. The Labute approximate surface area is 105 Å². The number of fused-ring (bicyclic) bond motifs is 1. The first-order valence-corrected chi connectivity index (χ1v) is 7.17. The van der Waals surface area contributed by atoms with Gasteiger partial charge in [-0.3, -0.25) is 0 Å². The molecule has 0 aromatic heterocycles. The normalized spacial score (nSPS) is 28.8. The highest BCUT2D eigenvalue weighted by molar-refractivity contribution is 5.35. The Morgan fingerprint density at radius 3 is 2.76 bits per heavy atom. The van der Waals surface area contributed by atoms with Gasteiger partial charge in [-0.2, -0.15) is 0 Å². The van der Waals surface area contributed by atoms with Gasteiger partial charge in [0.15, 0.2) is 0 Å². The molecule has 1 fully saturated rings. The summed E-state index contributed by atoms with van der Waals surface area (Å²) < 4.78 is 0. The summed E-state index contributed by atoms with van der Waals surface area (Å²) in [6.45, 7) is 4.75. The van der Waals surface area contributed by atoms with Crippen molar-refractivity contribution in [3.63, 3.8) is 0 Å². The van der Waals surface area contributed by atoms with Crippen LogP contribution in [-0.2, 0) is 12.8 Å². The molecule has 0 bridgehead atoms. The molecule has 1 heteroatoms. The monoisotopic (exact) mass is 229 g/mol. The molecule has 1 saturated heterocycles. The lowest BCUT2D eigenvalue weighted by molar-refractivity contribution is 0.349. The van der Waals surface area contributed by atoms with E-state index >= 15 is 0 Å². The van der Waals surface area contributed by atoms with E-state index in [1.165, 1.54) is 45.2 Å². The summed E-state index contributed by atoms with van der Waals surface area (Å²) in [4.78, 5) is 0. The van der Waals surface area contributed by atoms with Crippen molar-refractivity contribution in [1.29, 1.82) is 0 Å². The van der Waals surface area contributed by atoms with Crippen LogP contribution in [0.25, 0.3) is 0 Å². The third kappa shape index (κ3) is 2.26. The minimum absolute atomic E-state index is 0.781. The maximum atomic E-state index is 3.50. The number of piperidine rings is 1. The van der Waals surface area contributed by atoms with Gasteiger partial charge in [0.2, 0.25) is 0 Å². The number of hydrogen-bond donors (Lipinski definition) is 1. The standard InChI is InChI=1S/C16H23N/c1-12-11-17-9-8-16(12)15-7-6-13-4-2-3-5-14(13)10-15/h6-7,10,12,16-17H,2-5,8-9,11H2,1H3/t12-,16+/m1/s1. The van der Waals surface area contributed by atoms with E-state index in [1.54, 1.807) is 16.7 Å². The molecule has 1 aromatic carbocycles. The van der Waals surface area contributed by atoms with Gasteiger partial charge in [0.1, 0.15) is 0 Å². The van der Waals surface area contributed by atoms with Gasteiger partial charge in [-0.05, 0) is 73.7 Å². The van der Waals surface area contributed by atoms with E-state index in [2.05, 4.69) is 30.4 Å². The Kier molecular flexibility index (Phi) is 3.19.